The van der Waals surface area contributed by atoms with Gasteiger partial charge in [-0.15, -0.1) is 0 Å². The molecule has 1 aliphatic rings. The molecular formula is C16H24N4OS. The van der Waals surface area contributed by atoms with Gasteiger partial charge in [-0.3, -0.25) is 9.80 Å². The van der Waals surface area contributed by atoms with Crippen molar-refractivity contribution >= 4 is 11.3 Å². The zero-order valence-corrected chi connectivity index (χ0v) is 14.3. The van der Waals surface area contributed by atoms with Crippen LogP contribution < -0.4 is 0 Å². The quantitative estimate of drug-likeness (QED) is 0.847. The van der Waals surface area contributed by atoms with E-state index in [-0.39, 0.29) is 6.04 Å². The Balaban J connectivity index is 1.53. The molecule has 0 amide bonds. The van der Waals surface area contributed by atoms with Crippen molar-refractivity contribution in [1.29, 1.82) is 0 Å². The highest BCUT2D eigenvalue weighted by atomic mass is 32.1. The van der Waals surface area contributed by atoms with Crippen LogP contribution >= 0.6 is 11.3 Å². The topological polar surface area (TPSA) is 45.4 Å². The summed E-state index contributed by atoms with van der Waals surface area (Å²) < 4.78 is 5.44. The fourth-order valence-corrected chi connectivity index (χ4v) is 3.42. The summed E-state index contributed by atoms with van der Waals surface area (Å²) in [6.07, 6.45) is 0. The number of aromatic nitrogens is 2. The Kier molecular flexibility index (Phi) is 4.90. The van der Waals surface area contributed by atoms with Gasteiger partial charge in [-0.05, 0) is 29.3 Å². The third-order valence-electron chi connectivity index (χ3n) is 4.27. The van der Waals surface area contributed by atoms with Crippen LogP contribution in [0.25, 0.3) is 0 Å². The van der Waals surface area contributed by atoms with Crippen LogP contribution in [0.5, 0.6) is 0 Å². The molecule has 1 fully saturated rings. The minimum absolute atomic E-state index is 0.197. The van der Waals surface area contributed by atoms with Crippen LogP contribution in [0.4, 0.5) is 0 Å². The molecule has 3 rings (SSSR count). The number of hydrogen-bond donors (Lipinski definition) is 0. The normalized spacial score (nSPS) is 18.9. The minimum Gasteiger partial charge on any atom is -0.338 e. The van der Waals surface area contributed by atoms with Crippen LogP contribution in [0.1, 0.15) is 50.0 Å². The van der Waals surface area contributed by atoms with Gasteiger partial charge in [-0.2, -0.15) is 16.3 Å². The fourth-order valence-electron chi connectivity index (χ4n) is 2.76. The van der Waals surface area contributed by atoms with Crippen molar-refractivity contribution in [2.45, 2.75) is 39.3 Å². The van der Waals surface area contributed by atoms with E-state index in [1.807, 2.05) is 0 Å². The summed E-state index contributed by atoms with van der Waals surface area (Å²) in [6, 6.07) is 2.41. The van der Waals surface area contributed by atoms with Gasteiger partial charge in [0.05, 0.1) is 6.04 Å². The second kappa shape index (κ2) is 6.89. The third kappa shape index (κ3) is 3.56. The number of thiophene rings is 1. The van der Waals surface area contributed by atoms with Gasteiger partial charge < -0.3 is 4.52 Å². The molecule has 2 aromatic heterocycles. The zero-order chi connectivity index (χ0) is 15.5. The highest BCUT2D eigenvalue weighted by molar-refractivity contribution is 7.07. The van der Waals surface area contributed by atoms with Crippen LogP contribution in [-0.4, -0.2) is 46.1 Å². The number of rotatable bonds is 5. The Bertz CT molecular complexity index is 573. The number of nitrogens with zero attached hydrogens (tertiary/aromatic N) is 4. The molecule has 0 aliphatic carbocycles. The molecule has 0 spiro atoms. The molecule has 0 N–H and O–H groups in total. The lowest BCUT2D eigenvalue weighted by atomic mass is 10.2. The van der Waals surface area contributed by atoms with Crippen molar-refractivity contribution in [2.75, 3.05) is 26.2 Å². The summed E-state index contributed by atoms with van der Waals surface area (Å²) in [7, 11) is 0. The molecule has 0 saturated carbocycles. The largest absolute Gasteiger partial charge is 0.338 e. The van der Waals surface area contributed by atoms with Crippen LogP contribution in [0, 0.1) is 0 Å². The second-order valence-corrected chi connectivity index (χ2v) is 7.05. The first-order valence-electron chi connectivity index (χ1n) is 7.94. The summed E-state index contributed by atoms with van der Waals surface area (Å²) >= 11 is 1.77. The van der Waals surface area contributed by atoms with E-state index in [9.17, 15) is 0 Å². The van der Waals surface area contributed by atoms with E-state index in [4.69, 9.17) is 4.52 Å². The van der Waals surface area contributed by atoms with E-state index < -0.39 is 0 Å². The SMILES string of the molecule is CC(C)c1noc([C@H](C)N2CCN(Cc3ccsc3)CC2)n1. The molecule has 5 nitrogen and oxygen atoms in total. The lowest BCUT2D eigenvalue weighted by Crippen LogP contribution is -2.46. The van der Waals surface area contributed by atoms with Gasteiger partial charge >= 0.3 is 0 Å². The number of hydrogen-bond acceptors (Lipinski definition) is 6. The maximum Gasteiger partial charge on any atom is 0.243 e. The molecular weight excluding hydrogens is 296 g/mol. The van der Waals surface area contributed by atoms with Crippen LogP contribution in [0.3, 0.4) is 0 Å². The Morgan fingerprint density at radius 1 is 1.23 bits per heavy atom. The highest BCUT2D eigenvalue weighted by Crippen LogP contribution is 2.22. The van der Waals surface area contributed by atoms with Gasteiger partial charge in [-0.25, -0.2) is 0 Å². The van der Waals surface area contributed by atoms with E-state index in [0.29, 0.717) is 5.92 Å². The van der Waals surface area contributed by atoms with Crippen molar-refractivity contribution in [1.82, 2.24) is 19.9 Å². The molecule has 0 unspecified atom stereocenters. The molecule has 3 heterocycles. The summed E-state index contributed by atoms with van der Waals surface area (Å²) in [4.78, 5) is 9.48. The molecule has 0 bridgehead atoms. The Labute approximate surface area is 135 Å². The Morgan fingerprint density at radius 3 is 2.59 bits per heavy atom. The maximum atomic E-state index is 5.44. The van der Waals surface area contributed by atoms with Gasteiger partial charge in [0.25, 0.3) is 0 Å². The standard InChI is InChI=1S/C16H24N4OS/c1-12(2)15-17-16(21-18-15)13(3)20-7-5-19(6-8-20)10-14-4-9-22-11-14/h4,9,11-13H,5-8,10H2,1-3H3/t13-/m0/s1. The third-order valence-corrected chi connectivity index (χ3v) is 5.00. The van der Waals surface area contributed by atoms with E-state index in [0.717, 1.165) is 44.4 Å². The lowest BCUT2D eigenvalue weighted by Gasteiger charge is -2.36. The van der Waals surface area contributed by atoms with Crippen molar-refractivity contribution in [2.24, 2.45) is 0 Å². The molecule has 1 atom stereocenters. The van der Waals surface area contributed by atoms with Crippen molar-refractivity contribution in [3.63, 3.8) is 0 Å². The van der Waals surface area contributed by atoms with Crippen LogP contribution in [-0.2, 0) is 6.54 Å². The van der Waals surface area contributed by atoms with Gasteiger partial charge in [-0.1, -0.05) is 19.0 Å². The molecule has 120 valence electrons. The van der Waals surface area contributed by atoms with Crippen molar-refractivity contribution < 1.29 is 4.52 Å². The zero-order valence-electron chi connectivity index (χ0n) is 13.5. The van der Waals surface area contributed by atoms with E-state index >= 15 is 0 Å². The molecule has 6 heteroatoms. The smallest absolute Gasteiger partial charge is 0.243 e. The first-order chi connectivity index (χ1) is 10.6. The molecule has 0 radical (unpaired) electrons. The predicted octanol–water partition coefficient (Wildman–Crippen LogP) is 3.13. The van der Waals surface area contributed by atoms with Gasteiger partial charge in [0.15, 0.2) is 5.82 Å². The fraction of sp³-hybridized carbons (Fsp3) is 0.625. The summed E-state index contributed by atoms with van der Waals surface area (Å²) in [5.74, 6) is 1.86. The van der Waals surface area contributed by atoms with Crippen LogP contribution in [0.15, 0.2) is 21.3 Å². The van der Waals surface area contributed by atoms with Gasteiger partial charge in [0, 0.05) is 38.6 Å². The average Bonchev–Trinajstić information content (AvgIpc) is 3.18. The van der Waals surface area contributed by atoms with Gasteiger partial charge in [0.2, 0.25) is 5.89 Å². The number of piperazine rings is 1. The molecule has 22 heavy (non-hydrogen) atoms. The van der Waals surface area contributed by atoms with Crippen molar-refractivity contribution in [3.8, 4) is 0 Å². The predicted molar refractivity (Wildman–Crippen MR) is 88.0 cm³/mol. The van der Waals surface area contributed by atoms with E-state index in [1.165, 1.54) is 5.56 Å². The van der Waals surface area contributed by atoms with E-state index in [1.54, 1.807) is 11.3 Å². The summed E-state index contributed by atoms with van der Waals surface area (Å²) in [5.41, 5.74) is 1.42. The molecule has 2 aromatic rings. The second-order valence-electron chi connectivity index (χ2n) is 6.27. The van der Waals surface area contributed by atoms with E-state index in [2.05, 4.69) is 57.5 Å². The average molecular weight is 320 g/mol. The lowest BCUT2D eigenvalue weighted by molar-refractivity contribution is 0.0846. The monoisotopic (exact) mass is 320 g/mol. The molecule has 1 saturated heterocycles. The molecule has 0 aromatic carbocycles. The maximum absolute atomic E-state index is 5.44. The summed E-state index contributed by atoms with van der Waals surface area (Å²) in [5, 5.41) is 8.46. The van der Waals surface area contributed by atoms with Gasteiger partial charge in [0.1, 0.15) is 0 Å². The van der Waals surface area contributed by atoms with Crippen molar-refractivity contribution in [3.05, 3.63) is 34.1 Å². The Hall–Kier alpha value is -1.24. The van der Waals surface area contributed by atoms with Crippen LogP contribution in [0.2, 0.25) is 0 Å². The first kappa shape index (κ1) is 15.6. The first-order valence-corrected chi connectivity index (χ1v) is 8.88. The molecule has 1 aliphatic heterocycles. The highest BCUT2D eigenvalue weighted by Gasteiger charge is 2.26. The summed E-state index contributed by atoms with van der Waals surface area (Å²) in [6.45, 7) is 11.7. The minimum atomic E-state index is 0.197. The Morgan fingerprint density at radius 2 is 2.00 bits per heavy atom.